The minimum atomic E-state index is -0.330. The van der Waals surface area contributed by atoms with Crippen LogP contribution < -0.4 is 10.1 Å². The third-order valence-corrected chi connectivity index (χ3v) is 4.31. The number of nitrogens with zero attached hydrogens (tertiary/aromatic N) is 1. The van der Waals surface area contributed by atoms with Crippen molar-refractivity contribution < 1.29 is 14.3 Å². The Bertz CT molecular complexity index is 551. The fraction of sp³-hybridized carbons (Fsp3) is 0.556. The third kappa shape index (κ3) is 6.13. The Morgan fingerprint density at radius 1 is 1.46 bits per heavy atom. The van der Waals surface area contributed by atoms with Gasteiger partial charge in [0.1, 0.15) is 18.6 Å². The number of carbonyl (C=O) groups excluding carboxylic acids is 2. The van der Waals surface area contributed by atoms with E-state index in [0.29, 0.717) is 18.2 Å². The summed E-state index contributed by atoms with van der Waals surface area (Å²) in [6.45, 7) is 7.08. The molecule has 5 nitrogen and oxygen atoms in total. The predicted octanol–water partition coefficient (Wildman–Crippen LogP) is 2.69. The van der Waals surface area contributed by atoms with Crippen LogP contribution in [0.5, 0.6) is 5.75 Å². The molecule has 0 spiro atoms. The predicted molar refractivity (Wildman–Crippen MR) is 96.6 cm³/mol. The van der Waals surface area contributed by atoms with E-state index < -0.39 is 0 Å². The Labute approximate surface area is 149 Å². The first-order valence-corrected chi connectivity index (χ1v) is 8.59. The van der Waals surface area contributed by atoms with Crippen LogP contribution in [0.4, 0.5) is 0 Å². The number of hydrogen-bond acceptors (Lipinski definition) is 4. The molecule has 0 aliphatic rings. The summed E-state index contributed by atoms with van der Waals surface area (Å²) in [4.78, 5) is 24.5. The molecular formula is C18H27ClN2O3. The maximum atomic E-state index is 12.4. The van der Waals surface area contributed by atoms with E-state index in [1.165, 1.54) is 4.90 Å². The molecule has 0 bridgehead atoms. The van der Waals surface area contributed by atoms with Crippen molar-refractivity contribution in [3.63, 3.8) is 0 Å². The van der Waals surface area contributed by atoms with Crippen LogP contribution in [0.25, 0.3) is 0 Å². The van der Waals surface area contributed by atoms with Crippen molar-refractivity contribution in [2.75, 3.05) is 26.7 Å². The molecule has 6 heteroatoms. The summed E-state index contributed by atoms with van der Waals surface area (Å²) >= 11 is 5.97. The summed E-state index contributed by atoms with van der Waals surface area (Å²) in [6, 6.07) is 5.18. The molecule has 0 aliphatic carbocycles. The first-order valence-electron chi connectivity index (χ1n) is 8.21. The second-order valence-corrected chi connectivity index (χ2v) is 6.40. The molecule has 0 saturated carbocycles. The van der Waals surface area contributed by atoms with Gasteiger partial charge in [-0.3, -0.25) is 4.79 Å². The molecule has 1 aromatic carbocycles. The molecule has 2 atom stereocenters. The summed E-state index contributed by atoms with van der Waals surface area (Å²) in [6.07, 6.45) is 1.60. The normalized spacial score (nSPS) is 13.2. The molecule has 134 valence electrons. The second kappa shape index (κ2) is 10.3. The first-order chi connectivity index (χ1) is 11.4. The van der Waals surface area contributed by atoms with Gasteiger partial charge in [-0.25, -0.2) is 0 Å². The van der Waals surface area contributed by atoms with E-state index in [9.17, 15) is 9.59 Å². The van der Waals surface area contributed by atoms with Gasteiger partial charge in [-0.05, 0) is 30.5 Å². The monoisotopic (exact) mass is 354 g/mol. The summed E-state index contributed by atoms with van der Waals surface area (Å²) in [7, 11) is 1.64. The second-order valence-electron chi connectivity index (χ2n) is 5.96. The van der Waals surface area contributed by atoms with Gasteiger partial charge in [0.05, 0.1) is 12.6 Å². The van der Waals surface area contributed by atoms with E-state index in [4.69, 9.17) is 16.3 Å². The van der Waals surface area contributed by atoms with E-state index >= 15 is 0 Å². The summed E-state index contributed by atoms with van der Waals surface area (Å²) in [5.74, 6) is 0.837. The Morgan fingerprint density at radius 3 is 2.79 bits per heavy atom. The standard InChI is InChI=1S/C18H27ClN2O3/c1-5-13(2)17(18(23)21(4)9-10-22)20-8-11-24-16-12-15(19)7-6-14(16)3/h6-7,10,12-13,17,20H,5,8-9,11H2,1-4H3. The average Bonchev–Trinajstić information content (AvgIpc) is 2.56. The number of hydrogen-bond donors (Lipinski definition) is 1. The smallest absolute Gasteiger partial charge is 0.240 e. The molecule has 0 radical (unpaired) electrons. The van der Waals surface area contributed by atoms with Crippen molar-refractivity contribution in [1.29, 1.82) is 0 Å². The van der Waals surface area contributed by atoms with E-state index in [2.05, 4.69) is 5.32 Å². The molecule has 2 unspecified atom stereocenters. The number of halogens is 1. The SMILES string of the molecule is CCC(C)C(NCCOc1cc(Cl)ccc1C)C(=O)N(C)CC=O. The molecule has 0 aromatic heterocycles. The Hall–Kier alpha value is -1.59. The van der Waals surface area contributed by atoms with Crippen LogP contribution in [0.2, 0.25) is 5.02 Å². The molecule has 0 heterocycles. The van der Waals surface area contributed by atoms with E-state index in [1.54, 1.807) is 13.1 Å². The molecule has 0 saturated heterocycles. The number of aryl methyl sites for hydroxylation is 1. The van der Waals surface area contributed by atoms with Crippen LogP contribution in [0.3, 0.4) is 0 Å². The van der Waals surface area contributed by atoms with Gasteiger partial charge in [0.25, 0.3) is 0 Å². The topological polar surface area (TPSA) is 58.6 Å². The molecule has 1 amide bonds. The average molecular weight is 355 g/mol. The van der Waals surface area contributed by atoms with Crippen LogP contribution in [0.15, 0.2) is 18.2 Å². The number of nitrogens with one attached hydrogen (secondary N) is 1. The van der Waals surface area contributed by atoms with Crippen LogP contribution in [0, 0.1) is 12.8 Å². The van der Waals surface area contributed by atoms with E-state index in [1.807, 2.05) is 32.9 Å². The van der Waals surface area contributed by atoms with Crippen LogP contribution in [0.1, 0.15) is 25.8 Å². The first kappa shape index (κ1) is 20.5. The summed E-state index contributed by atoms with van der Waals surface area (Å²) in [5, 5.41) is 3.88. The lowest BCUT2D eigenvalue weighted by molar-refractivity contribution is -0.135. The lowest BCUT2D eigenvalue weighted by Crippen LogP contribution is -2.50. The van der Waals surface area contributed by atoms with Crippen molar-refractivity contribution >= 4 is 23.8 Å². The molecular weight excluding hydrogens is 328 g/mol. The highest BCUT2D eigenvalue weighted by molar-refractivity contribution is 6.30. The Balaban J connectivity index is 2.57. The van der Waals surface area contributed by atoms with Gasteiger partial charge in [-0.15, -0.1) is 0 Å². The van der Waals surface area contributed by atoms with Crippen molar-refractivity contribution in [3.8, 4) is 5.75 Å². The third-order valence-electron chi connectivity index (χ3n) is 4.08. The summed E-state index contributed by atoms with van der Waals surface area (Å²) < 4.78 is 5.74. The number of ether oxygens (including phenoxy) is 1. The van der Waals surface area contributed by atoms with Crippen molar-refractivity contribution in [2.45, 2.75) is 33.2 Å². The fourth-order valence-corrected chi connectivity index (χ4v) is 2.47. The molecule has 0 aliphatic heterocycles. The number of benzene rings is 1. The molecule has 1 N–H and O–H groups in total. The summed E-state index contributed by atoms with van der Waals surface area (Å²) in [5.41, 5.74) is 1.01. The quantitative estimate of drug-likeness (QED) is 0.518. The molecule has 1 aromatic rings. The minimum absolute atomic E-state index is 0.0737. The molecule has 0 fully saturated rings. The van der Waals surface area contributed by atoms with Crippen molar-refractivity contribution in [1.82, 2.24) is 10.2 Å². The van der Waals surface area contributed by atoms with Crippen molar-refractivity contribution in [2.24, 2.45) is 5.92 Å². The Morgan fingerprint density at radius 2 is 2.17 bits per heavy atom. The Kier molecular flexibility index (Phi) is 8.79. The van der Waals surface area contributed by atoms with Gasteiger partial charge >= 0.3 is 0 Å². The van der Waals surface area contributed by atoms with E-state index in [0.717, 1.165) is 24.0 Å². The van der Waals surface area contributed by atoms with Crippen LogP contribution >= 0.6 is 11.6 Å². The van der Waals surface area contributed by atoms with Gasteiger partial charge in [-0.1, -0.05) is 37.9 Å². The number of aldehydes is 1. The lowest BCUT2D eigenvalue weighted by atomic mass is 9.98. The highest BCUT2D eigenvalue weighted by Gasteiger charge is 2.26. The number of likely N-dealkylation sites (N-methyl/N-ethyl adjacent to an activating group) is 1. The maximum absolute atomic E-state index is 12.4. The van der Waals surface area contributed by atoms with Gasteiger partial charge in [-0.2, -0.15) is 0 Å². The van der Waals surface area contributed by atoms with Crippen LogP contribution in [-0.4, -0.2) is 49.9 Å². The van der Waals surface area contributed by atoms with Gasteiger partial charge in [0, 0.05) is 18.6 Å². The van der Waals surface area contributed by atoms with Gasteiger partial charge in [0.2, 0.25) is 5.91 Å². The minimum Gasteiger partial charge on any atom is -0.492 e. The fourth-order valence-electron chi connectivity index (χ4n) is 2.31. The number of rotatable bonds is 10. The maximum Gasteiger partial charge on any atom is 0.240 e. The van der Waals surface area contributed by atoms with Gasteiger partial charge in [0.15, 0.2) is 0 Å². The highest BCUT2D eigenvalue weighted by atomic mass is 35.5. The largest absolute Gasteiger partial charge is 0.492 e. The zero-order chi connectivity index (χ0) is 18.1. The lowest BCUT2D eigenvalue weighted by Gasteiger charge is -2.27. The zero-order valence-corrected chi connectivity index (χ0v) is 15.6. The number of carbonyl (C=O) groups is 2. The van der Waals surface area contributed by atoms with Crippen LogP contribution in [-0.2, 0) is 9.59 Å². The zero-order valence-electron chi connectivity index (χ0n) is 14.8. The number of amides is 1. The van der Waals surface area contributed by atoms with Crippen molar-refractivity contribution in [3.05, 3.63) is 28.8 Å². The van der Waals surface area contributed by atoms with E-state index in [-0.39, 0.29) is 24.4 Å². The highest BCUT2D eigenvalue weighted by Crippen LogP contribution is 2.22. The van der Waals surface area contributed by atoms with Gasteiger partial charge < -0.3 is 19.7 Å². The molecule has 1 rings (SSSR count). The molecule has 24 heavy (non-hydrogen) atoms.